The minimum Gasteiger partial charge on any atom is -0.466 e. The fourth-order valence-electron chi connectivity index (χ4n) is 9.12. The largest absolute Gasteiger partial charge is 0.466 e. The van der Waals surface area contributed by atoms with Gasteiger partial charge in [-0.3, -0.25) is 4.79 Å². The van der Waals surface area contributed by atoms with Crippen LogP contribution in [-0.2, 0) is 14.4 Å². The van der Waals surface area contributed by atoms with Crippen LogP contribution in [0.5, 0.6) is 0 Å². The molecule has 0 aliphatic heterocycles. The zero-order valence-corrected chi connectivity index (χ0v) is 22.1. The van der Waals surface area contributed by atoms with Crippen molar-refractivity contribution in [1.29, 1.82) is 0 Å². The first kappa shape index (κ1) is 24.6. The molecule has 0 aromatic heterocycles. The van der Waals surface area contributed by atoms with Gasteiger partial charge in [-0.1, -0.05) is 61.8 Å². The molecule has 35 heavy (non-hydrogen) atoms. The number of nitrogens with zero attached hydrogens (tertiary/aromatic N) is 1. The molecule has 0 radical (unpaired) electrons. The lowest BCUT2D eigenvalue weighted by molar-refractivity contribution is -0.187. The summed E-state index contributed by atoms with van der Waals surface area (Å²) >= 11 is 0. The number of carbonyl (C=O) groups excluding carboxylic acids is 1. The van der Waals surface area contributed by atoms with Crippen LogP contribution in [0.3, 0.4) is 0 Å². The van der Waals surface area contributed by atoms with Gasteiger partial charge >= 0.3 is 5.97 Å². The second-order valence-electron chi connectivity index (χ2n) is 12.6. The maximum atomic E-state index is 13.1. The van der Waals surface area contributed by atoms with Crippen LogP contribution in [0, 0.1) is 33.5 Å². The molecule has 2 bridgehead atoms. The maximum Gasteiger partial charge on any atom is 0.312 e. The number of hydrogen-bond acceptors (Lipinski definition) is 4. The molecule has 0 N–H and O–H groups in total. The van der Waals surface area contributed by atoms with Crippen LogP contribution in [0.15, 0.2) is 41.6 Å². The lowest BCUT2D eigenvalue weighted by Gasteiger charge is -2.64. The summed E-state index contributed by atoms with van der Waals surface area (Å²) in [6.45, 7) is 10.0. The Labute approximate surface area is 211 Å². The van der Waals surface area contributed by atoms with E-state index in [2.05, 4.69) is 39.0 Å². The average molecular weight is 478 g/mol. The van der Waals surface area contributed by atoms with Crippen molar-refractivity contribution in [3.8, 4) is 0 Å². The van der Waals surface area contributed by atoms with E-state index in [0.717, 1.165) is 25.7 Å². The minimum absolute atomic E-state index is 0.0400. The molecule has 0 amide bonds. The second-order valence-corrected chi connectivity index (χ2v) is 12.6. The topological polar surface area (TPSA) is 47.9 Å². The van der Waals surface area contributed by atoms with E-state index in [9.17, 15) is 4.79 Å². The van der Waals surface area contributed by atoms with Crippen LogP contribution >= 0.6 is 0 Å². The van der Waals surface area contributed by atoms with Crippen molar-refractivity contribution in [3.63, 3.8) is 0 Å². The number of hydrogen-bond donors (Lipinski definition) is 0. The number of oxime groups is 1. The molecular weight excluding hydrogens is 434 g/mol. The fraction of sp³-hybridized carbons (Fsp3) is 0.677. The van der Waals surface area contributed by atoms with E-state index < -0.39 is 0 Å². The normalized spacial score (nSPS) is 41.4. The summed E-state index contributed by atoms with van der Waals surface area (Å²) in [5, 5.41) is 4.75. The van der Waals surface area contributed by atoms with Crippen LogP contribution in [0.2, 0.25) is 0 Å². The van der Waals surface area contributed by atoms with Gasteiger partial charge < -0.3 is 9.57 Å². The van der Waals surface area contributed by atoms with Gasteiger partial charge in [0, 0.05) is 5.41 Å². The van der Waals surface area contributed by atoms with Gasteiger partial charge in [-0.15, -0.1) is 0 Å². The first-order valence-electron chi connectivity index (χ1n) is 13.8. The standard InChI is InChI=1S/C31H43NO3/c1-5-34-27(33)30(4)17-10-16-29(3)24(30)15-19-31-21-26(28(2,22-31)18-14-25(29)31)32-35-20-9-13-23-11-7-6-8-12-23/h6-9,11-13,24-25H,5,10,14-22H2,1-4H3/b13-9+,32-26+/t24-,25-,28-,29+,30+,31-/m0/s1. The molecule has 4 fully saturated rings. The van der Waals surface area contributed by atoms with Gasteiger partial charge in [-0.25, -0.2) is 0 Å². The Kier molecular flexibility index (Phi) is 6.38. The summed E-state index contributed by atoms with van der Waals surface area (Å²) in [5.41, 5.74) is 2.79. The number of rotatable bonds is 6. The number of benzene rings is 1. The van der Waals surface area contributed by atoms with Gasteiger partial charge in [0.05, 0.1) is 17.7 Å². The van der Waals surface area contributed by atoms with E-state index in [1.54, 1.807) is 0 Å². The van der Waals surface area contributed by atoms with Gasteiger partial charge in [-0.05, 0) is 99.5 Å². The van der Waals surface area contributed by atoms with E-state index in [-0.39, 0.29) is 22.2 Å². The van der Waals surface area contributed by atoms with Crippen LogP contribution in [-0.4, -0.2) is 24.9 Å². The zero-order chi connectivity index (χ0) is 24.7. The first-order valence-corrected chi connectivity index (χ1v) is 13.8. The highest BCUT2D eigenvalue weighted by molar-refractivity contribution is 5.93. The third-order valence-corrected chi connectivity index (χ3v) is 10.6. The second kappa shape index (κ2) is 9.09. The van der Waals surface area contributed by atoms with Crippen molar-refractivity contribution in [2.45, 2.75) is 85.5 Å². The van der Waals surface area contributed by atoms with Gasteiger partial charge in [0.15, 0.2) is 0 Å². The van der Waals surface area contributed by atoms with E-state index in [4.69, 9.17) is 14.7 Å². The molecule has 0 heterocycles. The van der Waals surface area contributed by atoms with Crippen molar-refractivity contribution in [2.75, 3.05) is 13.2 Å². The summed E-state index contributed by atoms with van der Waals surface area (Å²) in [7, 11) is 0. The predicted molar refractivity (Wildman–Crippen MR) is 141 cm³/mol. The van der Waals surface area contributed by atoms with Crippen molar-refractivity contribution in [1.82, 2.24) is 0 Å². The van der Waals surface area contributed by atoms with Crippen molar-refractivity contribution in [2.24, 2.45) is 38.7 Å². The Morgan fingerprint density at radius 2 is 1.83 bits per heavy atom. The Balaban J connectivity index is 1.32. The molecule has 6 atom stereocenters. The summed E-state index contributed by atoms with van der Waals surface area (Å²) in [4.78, 5) is 19.0. The van der Waals surface area contributed by atoms with Crippen molar-refractivity contribution < 1.29 is 14.4 Å². The third-order valence-electron chi connectivity index (χ3n) is 10.6. The summed E-state index contributed by atoms with van der Waals surface area (Å²) in [6.07, 6.45) is 14.5. The molecule has 5 rings (SSSR count). The molecule has 1 aromatic rings. The molecule has 4 saturated carbocycles. The molecule has 4 aliphatic carbocycles. The molecule has 1 spiro atoms. The highest BCUT2D eigenvalue weighted by Crippen LogP contribution is 2.73. The van der Waals surface area contributed by atoms with Crippen molar-refractivity contribution >= 4 is 17.8 Å². The highest BCUT2D eigenvalue weighted by atomic mass is 16.6. The molecular formula is C31H43NO3. The Morgan fingerprint density at radius 1 is 1.06 bits per heavy atom. The predicted octanol–water partition coefficient (Wildman–Crippen LogP) is 7.44. The van der Waals surface area contributed by atoms with Gasteiger partial charge in [0.1, 0.15) is 6.61 Å². The Bertz CT molecular complexity index is 1000. The molecule has 4 nitrogen and oxygen atoms in total. The van der Waals surface area contributed by atoms with Gasteiger partial charge in [-0.2, -0.15) is 0 Å². The highest BCUT2D eigenvalue weighted by Gasteiger charge is 2.67. The average Bonchev–Trinajstić information content (AvgIpc) is 3.04. The lowest BCUT2D eigenvalue weighted by Crippen LogP contribution is -2.58. The van der Waals surface area contributed by atoms with Gasteiger partial charge in [0.25, 0.3) is 0 Å². The molecule has 0 unspecified atom stereocenters. The Hall–Kier alpha value is -2.10. The lowest BCUT2D eigenvalue weighted by atomic mass is 9.40. The van der Waals surface area contributed by atoms with E-state index >= 15 is 0 Å². The van der Waals surface area contributed by atoms with E-state index in [1.807, 2.05) is 31.2 Å². The Morgan fingerprint density at radius 3 is 2.60 bits per heavy atom. The van der Waals surface area contributed by atoms with Crippen LogP contribution < -0.4 is 0 Å². The monoisotopic (exact) mass is 477 g/mol. The zero-order valence-electron chi connectivity index (χ0n) is 22.1. The molecule has 4 aliphatic rings. The van der Waals surface area contributed by atoms with Crippen molar-refractivity contribution in [3.05, 3.63) is 42.0 Å². The molecule has 0 saturated heterocycles. The summed E-state index contributed by atoms with van der Waals surface area (Å²) < 4.78 is 5.62. The number of fused-ring (bicyclic) bond motifs is 3. The van der Waals surface area contributed by atoms with E-state index in [0.29, 0.717) is 30.5 Å². The minimum atomic E-state index is -0.338. The molecule has 1 aromatic carbocycles. The van der Waals surface area contributed by atoms with Gasteiger partial charge in [0.2, 0.25) is 0 Å². The number of carbonyl (C=O) groups is 1. The SMILES string of the molecule is CCOC(=O)[C@]1(C)CCC[C@@]2(C)[C@@H]3CC[C@@]4(C)C[C@]3(CC[C@@H]21)C/C4=N\OC/C=C/c1ccccc1. The molecule has 4 heteroatoms. The van der Waals surface area contributed by atoms with Crippen LogP contribution in [0.1, 0.15) is 91.0 Å². The summed E-state index contributed by atoms with van der Waals surface area (Å²) in [6, 6.07) is 10.3. The maximum absolute atomic E-state index is 13.1. The number of ether oxygens (including phenoxy) is 1. The smallest absolute Gasteiger partial charge is 0.312 e. The van der Waals surface area contributed by atoms with Crippen LogP contribution in [0.4, 0.5) is 0 Å². The first-order chi connectivity index (χ1) is 16.8. The fourth-order valence-corrected chi connectivity index (χ4v) is 9.12. The quantitative estimate of drug-likeness (QED) is 0.243. The molecule has 190 valence electrons. The third kappa shape index (κ3) is 4.05. The summed E-state index contributed by atoms with van der Waals surface area (Å²) in [5.74, 6) is 1.11. The van der Waals surface area contributed by atoms with Crippen LogP contribution in [0.25, 0.3) is 6.08 Å². The number of esters is 1. The van der Waals surface area contributed by atoms with E-state index in [1.165, 1.54) is 43.4 Å².